The first-order chi connectivity index (χ1) is 13.7. The molecule has 1 N–H and O–H groups in total. The number of hydrogen-bond acceptors (Lipinski definition) is 5. The van der Waals surface area contributed by atoms with Crippen molar-refractivity contribution in [2.24, 2.45) is 0 Å². The summed E-state index contributed by atoms with van der Waals surface area (Å²) in [6, 6.07) is 17.3. The average molecular weight is 377 g/mol. The maximum Gasteiger partial charge on any atom is 0.323 e. The maximum absolute atomic E-state index is 12.6. The Hall–Kier alpha value is -3.55. The fourth-order valence-electron chi connectivity index (χ4n) is 3.53. The molecule has 1 fully saturated rings. The van der Waals surface area contributed by atoms with Gasteiger partial charge in [-0.25, -0.2) is 9.48 Å². The lowest BCUT2D eigenvalue weighted by Gasteiger charge is -2.22. The number of urea groups is 1. The molecule has 0 bridgehead atoms. The lowest BCUT2D eigenvalue weighted by molar-refractivity contribution is -0.0647. The minimum absolute atomic E-state index is 0.244. The standard InChI is InChI=1S/C20H19N5O3/c26-19(21-18-13-25(23-22-18)12-15-6-2-1-3-7-15)24-11-10-20(14-24)27-16-8-4-5-9-17(16)28-20/h1-9,13H,10-12,14H2,(H,21,26). The highest BCUT2D eigenvalue weighted by Crippen LogP contribution is 2.42. The summed E-state index contributed by atoms with van der Waals surface area (Å²) in [4.78, 5) is 14.3. The van der Waals surface area contributed by atoms with Gasteiger partial charge < -0.3 is 14.4 Å². The summed E-state index contributed by atoms with van der Waals surface area (Å²) in [6.07, 6.45) is 2.32. The van der Waals surface area contributed by atoms with E-state index in [1.165, 1.54) is 0 Å². The Labute approximate surface area is 161 Å². The topological polar surface area (TPSA) is 81.5 Å². The Kier molecular flexibility index (Phi) is 3.89. The van der Waals surface area contributed by atoms with E-state index in [1.807, 2.05) is 54.6 Å². The number of likely N-dealkylation sites (tertiary alicyclic amines) is 1. The third-order valence-electron chi connectivity index (χ3n) is 4.88. The first-order valence-corrected chi connectivity index (χ1v) is 9.16. The molecular weight excluding hydrogens is 358 g/mol. The average Bonchev–Trinajstić information content (AvgIpc) is 3.41. The SMILES string of the molecule is O=C(Nc1cn(Cc2ccccc2)nn1)N1CCC2(C1)Oc1ccccc1O2. The number of carbonyl (C=O) groups excluding carboxylic acids is 1. The second-order valence-electron chi connectivity index (χ2n) is 6.95. The summed E-state index contributed by atoms with van der Waals surface area (Å²) in [5, 5.41) is 10.9. The fourth-order valence-corrected chi connectivity index (χ4v) is 3.53. The van der Waals surface area contributed by atoms with E-state index < -0.39 is 5.79 Å². The molecule has 28 heavy (non-hydrogen) atoms. The summed E-state index contributed by atoms with van der Waals surface area (Å²) in [5.74, 6) is 1.05. The molecule has 5 rings (SSSR count). The van der Waals surface area contributed by atoms with Crippen molar-refractivity contribution in [2.45, 2.75) is 18.8 Å². The number of benzene rings is 2. The smallest absolute Gasteiger partial charge is 0.323 e. The highest BCUT2D eigenvalue weighted by molar-refractivity contribution is 5.88. The van der Waals surface area contributed by atoms with Gasteiger partial charge in [0.05, 0.1) is 19.3 Å². The molecule has 2 amide bonds. The van der Waals surface area contributed by atoms with Crippen LogP contribution in [0.2, 0.25) is 0 Å². The van der Waals surface area contributed by atoms with Gasteiger partial charge in [-0.05, 0) is 17.7 Å². The highest BCUT2D eigenvalue weighted by atomic mass is 16.7. The lowest BCUT2D eigenvalue weighted by atomic mass is 10.2. The van der Waals surface area contributed by atoms with E-state index in [1.54, 1.807) is 15.8 Å². The van der Waals surface area contributed by atoms with Crippen molar-refractivity contribution < 1.29 is 14.3 Å². The molecular formula is C20H19N5O3. The first kappa shape index (κ1) is 16.6. The molecule has 2 aliphatic heterocycles. The van der Waals surface area contributed by atoms with Gasteiger partial charge in [0.15, 0.2) is 17.3 Å². The summed E-state index contributed by atoms with van der Waals surface area (Å²) in [6.45, 7) is 1.49. The number of carbonyl (C=O) groups is 1. The van der Waals surface area contributed by atoms with Crippen LogP contribution in [0.15, 0.2) is 60.8 Å². The van der Waals surface area contributed by atoms with Crippen molar-refractivity contribution in [1.82, 2.24) is 19.9 Å². The number of hydrogen-bond donors (Lipinski definition) is 1. The minimum Gasteiger partial charge on any atom is -0.447 e. The third kappa shape index (κ3) is 3.13. The van der Waals surface area contributed by atoms with Gasteiger partial charge in [0, 0.05) is 13.0 Å². The van der Waals surface area contributed by atoms with Crippen molar-refractivity contribution in [2.75, 3.05) is 18.4 Å². The van der Waals surface area contributed by atoms with Crippen LogP contribution in [0.3, 0.4) is 0 Å². The van der Waals surface area contributed by atoms with Gasteiger partial charge in [-0.2, -0.15) is 0 Å². The van der Waals surface area contributed by atoms with Crippen LogP contribution < -0.4 is 14.8 Å². The van der Waals surface area contributed by atoms with E-state index in [-0.39, 0.29) is 6.03 Å². The fraction of sp³-hybridized carbons (Fsp3) is 0.250. The van der Waals surface area contributed by atoms with Gasteiger partial charge in [0.1, 0.15) is 0 Å². The number of nitrogens with one attached hydrogen (secondary N) is 1. The summed E-state index contributed by atoms with van der Waals surface area (Å²) < 4.78 is 13.7. The van der Waals surface area contributed by atoms with Crippen LogP contribution in [0.4, 0.5) is 10.6 Å². The molecule has 142 valence electrons. The normalized spacial score (nSPS) is 16.5. The molecule has 1 saturated heterocycles. The predicted octanol–water partition coefficient (Wildman–Crippen LogP) is 2.73. The molecule has 1 spiro atoms. The van der Waals surface area contributed by atoms with E-state index >= 15 is 0 Å². The molecule has 0 saturated carbocycles. The molecule has 8 heteroatoms. The zero-order valence-corrected chi connectivity index (χ0v) is 15.1. The molecule has 0 radical (unpaired) electrons. The number of ether oxygens (including phenoxy) is 2. The van der Waals surface area contributed by atoms with Crippen LogP contribution in [-0.4, -0.2) is 44.8 Å². The van der Waals surface area contributed by atoms with Crippen LogP contribution in [0, 0.1) is 0 Å². The number of nitrogens with zero attached hydrogens (tertiary/aromatic N) is 4. The van der Waals surface area contributed by atoms with Gasteiger partial charge in [-0.3, -0.25) is 5.32 Å². The molecule has 2 aromatic carbocycles. The number of rotatable bonds is 3. The Morgan fingerprint density at radius 1 is 1.07 bits per heavy atom. The zero-order chi connectivity index (χ0) is 19.0. The molecule has 1 aromatic heterocycles. The second-order valence-corrected chi connectivity index (χ2v) is 6.95. The molecule has 2 aliphatic rings. The second kappa shape index (κ2) is 6.56. The van der Waals surface area contributed by atoms with Gasteiger partial charge in [-0.1, -0.05) is 47.7 Å². The first-order valence-electron chi connectivity index (χ1n) is 9.16. The Balaban J connectivity index is 1.20. The van der Waals surface area contributed by atoms with Crippen LogP contribution >= 0.6 is 0 Å². The number of para-hydroxylation sites is 2. The number of anilines is 1. The zero-order valence-electron chi connectivity index (χ0n) is 15.1. The van der Waals surface area contributed by atoms with Gasteiger partial charge in [-0.15, -0.1) is 5.10 Å². The Morgan fingerprint density at radius 3 is 2.54 bits per heavy atom. The number of aromatic nitrogens is 3. The number of fused-ring (bicyclic) bond motifs is 1. The summed E-state index contributed by atoms with van der Waals surface area (Å²) in [5.41, 5.74) is 1.11. The molecule has 3 aromatic rings. The van der Waals surface area contributed by atoms with Crippen LogP contribution in [-0.2, 0) is 6.54 Å². The quantitative estimate of drug-likeness (QED) is 0.759. The molecule has 8 nitrogen and oxygen atoms in total. The van der Waals surface area contributed by atoms with Gasteiger partial charge in [0.25, 0.3) is 5.79 Å². The van der Waals surface area contributed by atoms with E-state index in [9.17, 15) is 4.79 Å². The Morgan fingerprint density at radius 2 is 1.79 bits per heavy atom. The van der Waals surface area contributed by atoms with Crippen molar-refractivity contribution in [1.29, 1.82) is 0 Å². The number of amides is 2. The van der Waals surface area contributed by atoms with Crippen LogP contribution in [0.1, 0.15) is 12.0 Å². The minimum atomic E-state index is -0.800. The van der Waals surface area contributed by atoms with Crippen molar-refractivity contribution >= 4 is 11.8 Å². The molecule has 0 unspecified atom stereocenters. The van der Waals surface area contributed by atoms with E-state index in [4.69, 9.17) is 9.47 Å². The van der Waals surface area contributed by atoms with E-state index in [2.05, 4.69) is 15.6 Å². The summed E-state index contributed by atoms with van der Waals surface area (Å²) >= 11 is 0. The molecule has 0 aliphatic carbocycles. The Bertz CT molecular complexity index is 979. The van der Waals surface area contributed by atoms with Gasteiger partial charge in [0.2, 0.25) is 0 Å². The van der Waals surface area contributed by atoms with Crippen molar-refractivity contribution in [3.05, 3.63) is 66.4 Å². The van der Waals surface area contributed by atoms with E-state index in [0.717, 1.165) is 5.56 Å². The highest BCUT2D eigenvalue weighted by Gasteiger charge is 2.48. The third-order valence-corrected chi connectivity index (χ3v) is 4.88. The molecule has 3 heterocycles. The van der Waals surface area contributed by atoms with Crippen LogP contribution in [0.5, 0.6) is 11.5 Å². The monoisotopic (exact) mass is 377 g/mol. The largest absolute Gasteiger partial charge is 0.447 e. The maximum atomic E-state index is 12.6. The van der Waals surface area contributed by atoms with Crippen molar-refractivity contribution in [3.8, 4) is 11.5 Å². The lowest BCUT2D eigenvalue weighted by Crippen LogP contribution is -2.43. The predicted molar refractivity (Wildman–Crippen MR) is 101 cm³/mol. The summed E-state index contributed by atoms with van der Waals surface area (Å²) in [7, 11) is 0. The van der Waals surface area contributed by atoms with Crippen LogP contribution in [0.25, 0.3) is 0 Å². The molecule has 0 atom stereocenters. The van der Waals surface area contributed by atoms with E-state index in [0.29, 0.717) is 43.4 Å². The van der Waals surface area contributed by atoms with Crippen molar-refractivity contribution in [3.63, 3.8) is 0 Å². The van der Waals surface area contributed by atoms with Gasteiger partial charge >= 0.3 is 6.03 Å².